The fraction of sp³-hybridized carbons (Fsp3) is 0.306. The molecule has 1 aliphatic carbocycles. The lowest BCUT2D eigenvalue weighted by Gasteiger charge is -2.27. The Bertz CT molecular complexity index is 1820. The van der Waals surface area contributed by atoms with Crippen LogP contribution in [0.2, 0.25) is 0 Å². The lowest BCUT2D eigenvalue weighted by Crippen LogP contribution is -2.42. The van der Waals surface area contributed by atoms with E-state index in [0.717, 1.165) is 75.4 Å². The summed E-state index contributed by atoms with van der Waals surface area (Å²) in [6.07, 6.45) is 7.51. The number of pyridine rings is 1. The molecule has 2 aliphatic rings. The van der Waals surface area contributed by atoms with Crippen molar-refractivity contribution in [2.24, 2.45) is 0 Å². The van der Waals surface area contributed by atoms with Crippen molar-refractivity contribution in [1.82, 2.24) is 14.5 Å². The van der Waals surface area contributed by atoms with Crippen LogP contribution < -0.4 is 0 Å². The van der Waals surface area contributed by atoms with Crippen LogP contribution in [0.1, 0.15) is 53.9 Å². The molecule has 0 atom stereocenters. The molecule has 1 saturated heterocycles. The number of carbonyl (C=O) groups excluding carboxylic acids is 1. The summed E-state index contributed by atoms with van der Waals surface area (Å²) < 4.78 is 7.51. The normalized spacial score (nSPS) is 16.1. The molecule has 1 amide bonds. The van der Waals surface area contributed by atoms with E-state index in [0.29, 0.717) is 32.2 Å². The number of aromatic carboxylic acids is 1. The zero-order valence-corrected chi connectivity index (χ0v) is 24.2. The van der Waals surface area contributed by atoms with Crippen molar-refractivity contribution < 1.29 is 19.4 Å². The van der Waals surface area contributed by atoms with E-state index in [1.807, 2.05) is 46.0 Å². The molecule has 3 aromatic carbocycles. The summed E-state index contributed by atoms with van der Waals surface area (Å²) in [6.45, 7) is 2.31. The molecule has 2 aromatic heterocycles. The Hall–Kier alpha value is -4.49. The van der Waals surface area contributed by atoms with Gasteiger partial charge in [0, 0.05) is 41.3 Å². The highest BCUT2D eigenvalue weighted by atomic mass is 16.5. The highest BCUT2D eigenvalue weighted by molar-refractivity contribution is 5.99. The van der Waals surface area contributed by atoms with E-state index in [1.54, 1.807) is 6.07 Å². The van der Waals surface area contributed by atoms with Crippen LogP contribution in [0, 0.1) is 0 Å². The molecular formula is C36H35N3O4. The molecule has 1 N–H and O–H groups in total. The fourth-order valence-electron chi connectivity index (χ4n) is 6.80. The lowest BCUT2D eigenvalue weighted by molar-refractivity contribution is -0.135. The van der Waals surface area contributed by atoms with E-state index >= 15 is 0 Å². The van der Waals surface area contributed by atoms with Gasteiger partial charge in [0.15, 0.2) is 0 Å². The monoisotopic (exact) mass is 573 g/mol. The van der Waals surface area contributed by atoms with Gasteiger partial charge in [0.2, 0.25) is 5.91 Å². The minimum atomic E-state index is -0.946. The standard InChI is InChI=1S/C36H35N3O4/c40-35(38-13-15-43-16-14-38)23-39-33(21-31-30(25-9-5-2-6-10-25)19-28(36(41)42)20-34(31)39)26-11-12-32-27(17-26)18-29(22-37-32)24-7-3-1-4-8-24/h1,3-4,7-8,11-12,17-22,25H,2,5-6,9-10,13-16,23H2,(H,41,42). The van der Waals surface area contributed by atoms with Crippen LogP contribution in [0.25, 0.3) is 44.2 Å². The van der Waals surface area contributed by atoms with Gasteiger partial charge in [0.1, 0.15) is 6.54 Å². The van der Waals surface area contributed by atoms with E-state index in [-0.39, 0.29) is 18.0 Å². The van der Waals surface area contributed by atoms with Gasteiger partial charge in [0.05, 0.1) is 29.8 Å². The predicted molar refractivity (Wildman–Crippen MR) is 168 cm³/mol. The van der Waals surface area contributed by atoms with Gasteiger partial charge >= 0.3 is 5.97 Å². The SMILES string of the molecule is O=C(O)c1cc(C2CCCCC2)c2cc(-c3ccc4ncc(-c5ccccc5)cc4c3)n(CC(=O)N3CCOCC3)c2c1. The lowest BCUT2D eigenvalue weighted by atomic mass is 9.82. The first kappa shape index (κ1) is 27.3. The van der Waals surface area contributed by atoms with Gasteiger partial charge < -0.3 is 19.3 Å². The third-order valence-corrected chi connectivity index (χ3v) is 9.09. The number of hydrogen-bond acceptors (Lipinski definition) is 4. The molecule has 3 heterocycles. The second kappa shape index (κ2) is 11.7. The van der Waals surface area contributed by atoms with Gasteiger partial charge in [-0.15, -0.1) is 0 Å². The Morgan fingerprint density at radius 3 is 2.40 bits per heavy atom. The molecule has 7 rings (SSSR count). The average molecular weight is 574 g/mol. The Kier molecular flexibility index (Phi) is 7.41. The van der Waals surface area contributed by atoms with Gasteiger partial charge in [-0.3, -0.25) is 9.78 Å². The highest BCUT2D eigenvalue weighted by Gasteiger charge is 2.25. The van der Waals surface area contributed by atoms with E-state index in [9.17, 15) is 14.7 Å². The summed E-state index contributed by atoms with van der Waals surface area (Å²) in [5.41, 5.74) is 7.07. The number of rotatable bonds is 6. The Morgan fingerprint density at radius 1 is 0.860 bits per heavy atom. The number of ether oxygens (including phenoxy) is 1. The van der Waals surface area contributed by atoms with E-state index in [2.05, 4.69) is 36.4 Å². The van der Waals surface area contributed by atoms with Crippen molar-refractivity contribution in [1.29, 1.82) is 0 Å². The van der Waals surface area contributed by atoms with Crippen LogP contribution in [0.15, 0.2) is 79.0 Å². The molecule has 7 nitrogen and oxygen atoms in total. The van der Waals surface area contributed by atoms with Crippen LogP contribution in [0.5, 0.6) is 0 Å². The summed E-state index contributed by atoms with van der Waals surface area (Å²) in [5.74, 6) is -0.628. The second-order valence-electron chi connectivity index (χ2n) is 11.7. The summed E-state index contributed by atoms with van der Waals surface area (Å²) >= 11 is 0. The first-order chi connectivity index (χ1) is 21.0. The summed E-state index contributed by atoms with van der Waals surface area (Å²) in [7, 11) is 0. The Morgan fingerprint density at radius 2 is 1.63 bits per heavy atom. The van der Waals surface area contributed by atoms with Crippen LogP contribution in [0.3, 0.4) is 0 Å². The zero-order valence-electron chi connectivity index (χ0n) is 24.2. The van der Waals surface area contributed by atoms with E-state index in [1.165, 1.54) is 6.42 Å². The van der Waals surface area contributed by atoms with Crippen molar-refractivity contribution in [3.63, 3.8) is 0 Å². The van der Waals surface area contributed by atoms with E-state index < -0.39 is 5.97 Å². The molecule has 0 bridgehead atoms. The van der Waals surface area contributed by atoms with Crippen LogP contribution >= 0.6 is 0 Å². The largest absolute Gasteiger partial charge is 0.478 e. The van der Waals surface area contributed by atoms with Crippen molar-refractivity contribution >= 4 is 33.7 Å². The van der Waals surface area contributed by atoms with Gasteiger partial charge in [-0.05, 0) is 71.8 Å². The van der Waals surface area contributed by atoms with Crippen LogP contribution in [-0.2, 0) is 16.1 Å². The summed E-state index contributed by atoms with van der Waals surface area (Å²) in [4.78, 5) is 32.5. The minimum absolute atomic E-state index is 0.0100. The number of carbonyl (C=O) groups is 2. The number of amides is 1. The van der Waals surface area contributed by atoms with Crippen LogP contribution in [0.4, 0.5) is 0 Å². The first-order valence-electron chi connectivity index (χ1n) is 15.3. The van der Waals surface area contributed by atoms with Gasteiger partial charge in [-0.2, -0.15) is 0 Å². The van der Waals surface area contributed by atoms with E-state index in [4.69, 9.17) is 9.72 Å². The maximum Gasteiger partial charge on any atom is 0.335 e. The molecule has 7 heteroatoms. The number of benzene rings is 3. The summed E-state index contributed by atoms with van der Waals surface area (Å²) in [5, 5.41) is 12.1. The molecule has 0 unspecified atom stereocenters. The maximum atomic E-state index is 13.6. The zero-order chi connectivity index (χ0) is 29.3. The number of fused-ring (bicyclic) bond motifs is 2. The Balaban J connectivity index is 1.40. The quantitative estimate of drug-likeness (QED) is 0.234. The number of nitrogens with zero attached hydrogens (tertiary/aromatic N) is 3. The smallest absolute Gasteiger partial charge is 0.335 e. The van der Waals surface area contributed by atoms with Gasteiger partial charge in [-0.25, -0.2) is 4.79 Å². The fourth-order valence-corrected chi connectivity index (χ4v) is 6.80. The number of morpholine rings is 1. The van der Waals surface area contributed by atoms with Gasteiger partial charge in [-0.1, -0.05) is 55.7 Å². The predicted octanol–water partition coefficient (Wildman–Crippen LogP) is 7.13. The molecule has 43 heavy (non-hydrogen) atoms. The van der Waals surface area contributed by atoms with Crippen molar-refractivity contribution in [2.45, 2.75) is 44.6 Å². The van der Waals surface area contributed by atoms with Crippen molar-refractivity contribution in [2.75, 3.05) is 26.3 Å². The number of carboxylic acids is 1. The average Bonchev–Trinajstić information content (AvgIpc) is 3.43. The first-order valence-corrected chi connectivity index (χ1v) is 15.3. The third kappa shape index (κ3) is 5.41. The topological polar surface area (TPSA) is 84.7 Å². The highest BCUT2D eigenvalue weighted by Crippen LogP contribution is 2.40. The van der Waals surface area contributed by atoms with Crippen molar-refractivity contribution in [3.8, 4) is 22.4 Å². The molecule has 1 saturated carbocycles. The Labute approximate surface area is 250 Å². The van der Waals surface area contributed by atoms with Gasteiger partial charge in [0.25, 0.3) is 0 Å². The molecule has 2 fully saturated rings. The minimum Gasteiger partial charge on any atom is -0.478 e. The maximum absolute atomic E-state index is 13.6. The molecule has 1 aliphatic heterocycles. The number of aromatic nitrogens is 2. The van der Waals surface area contributed by atoms with Crippen molar-refractivity contribution in [3.05, 3.63) is 90.1 Å². The molecule has 218 valence electrons. The molecule has 0 radical (unpaired) electrons. The number of hydrogen-bond donors (Lipinski definition) is 1. The number of carboxylic acid groups (broad SMARTS) is 1. The molecule has 5 aromatic rings. The second-order valence-corrected chi connectivity index (χ2v) is 11.7. The third-order valence-electron chi connectivity index (χ3n) is 9.09. The van der Waals surface area contributed by atoms with Crippen LogP contribution in [-0.4, -0.2) is 57.7 Å². The summed E-state index contributed by atoms with van der Waals surface area (Å²) in [6, 6.07) is 24.4. The molecular weight excluding hydrogens is 538 g/mol. The molecule has 0 spiro atoms.